The summed E-state index contributed by atoms with van der Waals surface area (Å²) in [4.78, 5) is 15.1. The topological polar surface area (TPSA) is 44.8 Å². The van der Waals surface area contributed by atoms with Crippen molar-refractivity contribution in [3.05, 3.63) is 39.8 Å². The summed E-state index contributed by atoms with van der Waals surface area (Å²) in [7, 11) is 0. The highest BCUT2D eigenvalue weighted by molar-refractivity contribution is 6.36. The number of rotatable bonds is 4. The van der Waals surface area contributed by atoms with Gasteiger partial charge in [-0.1, -0.05) is 23.2 Å². The molecule has 3 rings (SSSR count). The molecule has 0 atom stereocenters. The van der Waals surface area contributed by atoms with Gasteiger partial charge in [-0.2, -0.15) is 0 Å². The van der Waals surface area contributed by atoms with Gasteiger partial charge in [-0.05, 0) is 45.9 Å². The second kappa shape index (κ2) is 6.61. The van der Waals surface area contributed by atoms with Gasteiger partial charge < -0.3 is 9.88 Å². The molecule has 0 aliphatic carbocycles. The van der Waals surface area contributed by atoms with E-state index in [0.29, 0.717) is 10.0 Å². The Kier molecular flexibility index (Phi) is 4.70. The Hall–Kier alpha value is -1.78. The zero-order chi connectivity index (χ0) is 17.4. The third-order valence-corrected chi connectivity index (χ3v) is 4.73. The molecule has 1 N–H and O–H groups in total. The number of nitrogens with one attached hydrogen (secondary N) is 1. The lowest BCUT2D eigenvalue weighted by Gasteiger charge is -2.23. The van der Waals surface area contributed by atoms with Crippen LogP contribution in [-0.2, 0) is 0 Å². The van der Waals surface area contributed by atoms with Crippen LogP contribution in [-0.4, -0.2) is 28.0 Å². The van der Waals surface area contributed by atoms with Crippen LogP contribution in [0.25, 0.3) is 22.5 Å². The predicted octanol–water partition coefficient (Wildman–Crippen LogP) is 5.35. The number of aromatic amines is 1. The van der Waals surface area contributed by atoms with Crippen LogP contribution in [0.15, 0.2) is 18.2 Å². The molecule has 0 saturated heterocycles. The lowest BCUT2D eigenvalue weighted by atomic mass is 10.1. The number of benzene rings is 1. The third-order valence-electron chi connectivity index (χ3n) is 4.18. The molecule has 24 heavy (non-hydrogen) atoms. The molecule has 1 aromatic rings. The second-order valence-electron chi connectivity index (χ2n) is 5.74. The fourth-order valence-electron chi connectivity index (χ4n) is 3.03. The lowest BCUT2D eigenvalue weighted by molar-refractivity contribution is 0.835. The standard InChI is InChI=1S/C18H20Cl2N4/c1-5-24(6-2)18-15-10(3)21-16(17(15)22-11(4)23-18)13-8-7-12(19)9-14(13)20/h7-9H,5-6H2,1-4H3,(H,22,23). The summed E-state index contributed by atoms with van der Waals surface area (Å²) in [6.07, 6.45) is 0. The number of nitrogens with zero attached hydrogens (tertiary/aromatic N) is 3. The molecular formula is C18H20Cl2N4. The Morgan fingerprint density at radius 2 is 1.79 bits per heavy atom. The first-order valence-corrected chi connectivity index (χ1v) is 8.79. The Bertz CT molecular complexity index is 853. The molecule has 6 heteroatoms. The van der Waals surface area contributed by atoms with Gasteiger partial charge in [-0.3, -0.25) is 4.98 Å². The molecule has 2 heterocycles. The molecule has 0 bridgehead atoms. The number of halogens is 2. The highest BCUT2D eigenvalue weighted by atomic mass is 35.5. The molecule has 0 unspecified atom stereocenters. The van der Waals surface area contributed by atoms with Crippen molar-refractivity contribution in [3.8, 4) is 22.5 Å². The van der Waals surface area contributed by atoms with Crippen LogP contribution in [0.3, 0.4) is 0 Å². The second-order valence-corrected chi connectivity index (χ2v) is 6.58. The Morgan fingerprint density at radius 3 is 2.42 bits per heavy atom. The van der Waals surface area contributed by atoms with Gasteiger partial charge >= 0.3 is 0 Å². The van der Waals surface area contributed by atoms with Crippen molar-refractivity contribution in [2.24, 2.45) is 0 Å². The Labute approximate surface area is 152 Å². The van der Waals surface area contributed by atoms with Crippen molar-refractivity contribution in [2.75, 3.05) is 18.0 Å². The van der Waals surface area contributed by atoms with E-state index in [1.54, 1.807) is 6.07 Å². The van der Waals surface area contributed by atoms with Gasteiger partial charge in [0.25, 0.3) is 0 Å². The molecule has 0 amide bonds. The first kappa shape index (κ1) is 17.1. The van der Waals surface area contributed by atoms with E-state index in [-0.39, 0.29) is 0 Å². The van der Waals surface area contributed by atoms with Crippen LogP contribution in [0, 0.1) is 13.8 Å². The Morgan fingerprint density at radius 1 is 1.08 bits per heavy atom. The SMILES string of the molecule is CCN(CC)c1nc(C)[nH]c2c(-c3ccc(Cl)cc3Cl)nc(C)c1-2. The minimum atomic E-state index is 0.592. The van der Waals surface area contributed by atoms with Crippen LogP contribution in [0.5, 0.6) is 0 Å². The van der Waals surface area contributed by atoms with Gasteiger partial charge in [0, 0.05) is 23.7 Å². The number of H-pyrrole nitrogens is 1. The van der Waals surface area contributed by atoms with E-state index in [0.717, 1.165) is 52.9 Å². The summed E-state index contributed by atoms with van der Waals surface area (Å²) >= 11 is 12.4. The van der Waals surface area contributed by atoms with E-state index in [2.05, 4.69) is 23.7 Å². The van der Waals surface area contributed by atoms with E-state index in [4.69, 9.17) is 33.2 Å². The number of anilines is 1. The van der Waals surface area contributed by atoms with E-state index in [9.17, 15) is 0 Å². The van der Waals surface area contributed by atoms with Crippen molar-refractivity contribution in [1.82, 2.24) is 15.0 Å². The fourth-order valence-corrected chi connectivity index (χ4v) is 3.52. The molecular weight excluding hydrogens is 343 g/mol. The highest BCUT2D eigenvalue weighted by Gasteiger charge is 2.25. The third kappa shape index (κ3) is 2.85. The molecule has 1 aromatic carbocycles. The molecule has 0 saturated carbocycles. The van der Waals surface area contributed by atoms with Crippen LogP contribution in [0.1, 0.15) is 25.4 Å². The van der Waals surface area contributed by atoms with Crippen LogP contribution in [0.4, 0.5) is 5.82 Å². The quantitative estimate of drug-likeness (QED) is 0.680. The maximum atomic E-state index is 6.41. The largest absolute Gasteiger partial charge is 0.356 e. The van der Waals surface area contributed by atoms with Crippen molar-refractivity contribution in [3.63, 3.8) is 0 Å². The summed E-state index contributed by atoms with van der Waals surface area (Å²) in [5, 5.41) is 1.20. The van der Waals surface area contributed by atoms with Crippen LogP contribution in [0.2, 0.25) is 10.0 Å². The van der Waals surface area contributed by atoms with Gasteiger partial charge in [0.2, 0.25) is 0 Å². The van der Waals surface area contributed by atoms with Gasteiger partial charge in [0.05, 0.1) is 27.7 Å². The summed E-state index contributed by atoms with van der Waals surface area (Å²) in [6, 6.07) is 5.48. The van der Waals surface area contributed by atoms with E-state index >= 15 is 0 Å². The predicted molar refractivity (Wildman–Crippen MR) is 101 cm³/mol. The summed E-state index contributed by atoms with van der Waals surface area (Å²) < 4.78 is 0. The number of aryl methyl sites for hydroxylation is 2. The smallest absolute Gasteiger partial charge is 0.141 e. The maximum absolute atomic E-state index is 6.41. The van der Waals surface area contributed by atoms with Gasteiger partial charge in [0.15, 0.2) is 0 Å². The first-order chi connectivity index (χ1) is 11.5. The minimum absolute atomic E-state index is 0.592. The van der Waals surface area contributed by atoms with Crippen LogP contribution >= 0.6 is 23.2 Å². The number of fused-ring (bicyclic) bond motifs is 1. The van der Waals surface area contributed by atoms with Crippen LogP contribution < -0.4 is 4.90 Å². The zero-order valence-corrected chi connectivity index (χ0v) is 15.8. The summed E-state index contributed by atoms with van der Waals surface area (Å²) in [5.41, 5.74) is 4.66. The normalized spacial score (nSPS) is 11.2. The van der Waals surface area contributed by atoms with Crippen molar-refractivity contribution < 1.29 is 0 Å². The molecule has 2 aliphatic rings. The average molecular weight is 363 g/mol. The van der Waals surface area contributed by atoms with E-state index in [1.807, 2.05) is 26.0 Å². The maximum Gasteiger partial charge on any atom is 0.141 e. The van der Waals surface area contributed by atoms with Crippen molar-refractivity contribution >= 4 is 29.0 Å². The zero-order valence-electron chi connectivity index (χ0n) is 14.2. The average Bonchev–Trinajstić information content (AvgIpc) is 2.85. The van der Waals surface area contributed by atoms with Gasteiger partial charge in [-0.15, -0.1) is 0 Å². The van der Waals surface area contributed by atoms with Crippen molar-refractivity contribution in [1.29, 1.82) is 0 Å². The summed E-state index contributed by atoms with van der Waals surface area (Å²) in [6.45, 7) is 10.0. The van der Waals surface area contributed by atoms with E-state index in [1.165, 1.54) is 0 Å². The minimum Gasteiger partial charge on any atom is -0.356 e. The summed E-state index contributed by atoms with van der Waals surface area (Å²) in [5.74, 6) is 1.82. The molecule has 126 valence electrons. The van der Waals surface area contributed by atoms with Gasteiger partial charge in [-0.25, -0.2) is 4.98 Å². The number of aromatic nitrogens is 3. The Balaban J connectivity index is 2.26. The van der Waals surface area contributed by atoms with Crippen molar-refractivity contribution in [2.45, 2.75) is 27.7 Å². The molecule has 0 fully saturated rings. The lowest BCUT2D eigenvalue weighted by Crippen LogP contribution is -2.24. The van der Waals surface area contributed by atoms with Gasteiger partial charge in [0.1, 0.15) is 11.6 Å². The molecule has 0 aromatic heterocycles. The fraction of sp³-hybridized carbons (Fsp3) is 0.333. The molecule has 4 nitrogen and oxygen atoms in total. The molecule has 0 radical (unpaired) electrons. The first-order valence-electron chi connectivity index (χ1n) is 8.03. The molecule has 0 spiro atoms. The molecule has 2 aliphatic heterocycles. The number of hydrogen-bond acceptors (Lipinski definition) is 3. The monoisotopic (exact) mass is 362 g/mol. The number of hydrogen-bond donors (Lipinski definition) is 1. The van der Waals surface area contributed by atoms with E-state index < -0.39 is 0 Å². The highest BCUT2D eigenvalue weighted by Crippen LogP contribution is 2.42.